The van der Waals surface area contributed by atoms with Crippen LogP contribution in [0.3, 0.4) is 0 Å². The van der Waals surface area contributed by atoms with Crippen molar-refractivity contribution < 1.29 is 0 Å². The molecule has 0 bridgehead atoms. The first-order valence-electron chi connectivity index (χ1n) is 4.53. The molecule has 0 aromatic carbocycles. The van der Waals surface area contributed by atoms with Crippen LogP contribution in [0.5, 0.6) is 0 Å². The fraction of sp³-hybridized carbons (Fsp3) is 1.00. The lowest BCUT2D eigenvalue weighted by atomic mass is 10.1. The summed E-state index contributed by atoms with van der Waals surface area (Å²) in [5.74, 6) is 1.31. The van der Waals surface area contributed by atoms with Crippen LogP contribution in [0.1, 0.15) is 25.7 Å². The maximum Gasteiger partial charge on any atom is 0.0855 e. The minimum Gasteiger partial charge on any atom is -0.232 e. The van der Waals surface area contributed by atoms with E-state index in [1.54, 1.807) is 0 Å². The van der Waals surface area contributed by atoms with E-state index in [0.717, 1.165) is 6.54 Å². The molecule has 1 atom stereocenters. The summed E-state index contributed by atoms with van der Waals surface area (Å²) < 4.78 is 2.47. The Morgan fingerprint density at radius 1 is 1.27 bits per heavy atom. The third kappa shape index (κ3) is 1.89. The van der Waals surface area contributed by atoms with Crippen molar-refractivity contribution in [3.05, 3.63) is 0 Å². The van der Waals surface area contributed by atoms with E-state index in [4.69, 9.17) is 0 Å². The smallest absolute Gasteiger partial charge is 0.0855 e. The summed E-state index contributed by atoms with van der Waals surface area (Å²) in [6, 6.07) is 0. The lowest BCUT2D eigenvalue weighted by molar-refractivity contribution is 0.250. The second kappa shape index (κ2) is 3.78. The maximum atomic E-state index is 4.62. The van der Waals surface area contributed by atoms with Crippen LogP contribution < -0.4 is 5.32 Å². The van der Waals surface area contributed by atoms with Crippen LogP contribution in [0.25, 0.3) is 0 Å². The van der Waals surface area contributed by atoms with Crippen molar-refractivity contribution in [2.24, 2.45) is 0 Å². The zero-order valence-corrected chi connectivity index (χ0v) is 7.65. The Hall–Kier alpha value is 0.270. The Labute approximate surface area is 72.9 Å². The van der Waals surface area contributed by atoms with Gasteiger partial charge in [0.25, 0.3) is 0 Å². The first-order chi connectivity index (χ1) is 5.47. The van der Waals surface area contributed by atoms with Crippen molar-refractivity contribution in [3.8, 4) is 0 Å². The van der Waals surface area contributed by atoms with Crippen molar-refractivity contribution in [2.45, 2.75) is 31.8 Å². The van der Waals surface area contributed by atoms with Crippen LogP contribution in [0.15, 0.2) is 0 Å². The molecule has 3 heteroatoms. The molecule has 0 aliphatic carbocycles. The number of nitrogens with zero attached hydrogens (tertiary/aromatic N) is 2. The van der Waals surface area contributed by atoms with Gasteiger partial charge in [-0.3, -0.25) is 0 Å². The molecule has 2 aliphatic rings. The highest BCUT2D eigenvalue weighted by molar-refractivity contribution is 7.97. The van der Waals surface area contributed by atoms with Gasteiger partial charge in [-0.1, -0.05) is 11.9 Å². The standard InChI is InChI=1S/C8H15N2S/c1-2-5-9-8(4-1)10-6-3-7-11-10/h8H,1-7H2. The van der Waals surface area contributed by atoms with Crippen LogP contribution >= 0.6 is 11.9 Å². The molecule has 0 aromatic rings. The van der Waals surface area contributed by atoms with Gasteiger partial charge in [0.15, 0.2) is 0 Å². The maximum absolute atomic E-state index is 4.62. The fourth-order valence-corrected chi connectivity index (χ4v) is 2.80. The number of rotatable bonds is 1. The molecule has 63 valence electrons. The quantitative estimate of drug-likeness (QED) is 0.556. The van der Waals surface area contributed by atoms with Crippen molar-refractivity contribution in [3.63, 3.8) is 0 Å². The Morgan fingerprint density at radius 2 is 2.27 bits per heavy atom. The summed E-state index contributed by atoms with van der Waals surface area (Å²) in [6.45, 7) is 2.36. The minimum absolute atomic E-state index is 0.566. The largest absolute Gasteiger partial charge is 0.232 e. The van der Waals surface area contributed by atoms with E-state index in [2.05, 4.69) is 9.62 Å². The van der Waals surface area contributed by atoms with Gasteiger partial charge in [-0.25, -0.2) is 9.62 Å². The molecule has 2 fully saturated rings. The zero-order valence-electron chi connectivity index (χ0n) is 6.83. The molecule has 2 nitrogen and oxygen atoms in total. The molecule has 1 unspecified atom stereocenters. The van der Waals surface area contributed by atoms with Crippen LogP contribution in [-0.4, -0.2) is 29.3 Å². The molecule has 1 radical (unpaired) electrons. The summed E-state index contributed by atoms with van der Waals surface area (Å²) in [5, 5.41) is 4.62. The lowest BCUT2D eigenvalue weighted by Gasteiger charge is -2.28. The van der Waals surface area contributed by atoms with E-state index in [1.165, 1.54) is 38.0 Å². The predicted molar refractivity (Wildman–Crippen MR) is 48.4 cm³/mol. The summed E-state index contributed by atoms with van der Waals surface area (Å²) in [6.07, 6.45) is 5.92. The van der Waals surface area contributed by atoms with Crippen molar-refractivity contribution >= 4 is 11.9 Å². The van der Waals surface area contributed by atoms with Gasteiger partial charge < -0.3 is 0 Å². The normalized spacial score (nSPS) is 34.4. The highest BCUT2D eigenvalue weighted by atomic mass is 32.2. The number of piperidine rings is 1. The molecule has 2 rings (SSSR count). The fourth-order valence-electron chi connectivity index (χ4n) is 1.71. The first-order valence-corrected chi connectivity index (χ1v) is 5.47. The Balaban J connectivity index is 1.82. The van der Waals surface area contributed by atoms with Crippen molar-refractivity contribution in [2.75, 3.05) is 18.8 Å². The molecule has 0 saturated carbocycles. The van der Waals surface area contributed by atoms with Gasteiger partial charge in [-0.15, -0.1) is 0 Å². The Morgan fingerprint density at radius 3 is 2.91 bits per heavy atom. The molecule has 0 amide bonds. The Bertz CT molecular complexity index is 117. The van der Waals surface area contributed by atoms with E-state index >= 15 is 0 Å². The third-order valence-corrected chi connectivity index (χ3v) is 3.55. The van der Waals surface area contributed by atoms with E-state index < -0.39 is 0 Å². The average Bonchev–Trinajstić information content (AvgIpc) is 2.58. The molecule has 2 heterocycles. The van der Waals surface area contributed by atoms with Gasteiger partial charge in [0.05, 0.1) is 6.17 Å². The van der Waals surface area contributed by atoms with Gasteiger partial charge in [0.2, 0.25) is 0 Å². The van der Waals surface area contributed by atoms with Crippen LogP contribution in [0.2, 0.25) is 0 Å². The topological polar surface area (TPSA) is 17.3 Å². The summed E-state index contributed by atoms with van der Waals surface area (Å²) >= 11 is 1.99. The molecule has 0 spiro atoms. The monoisotopic (exact) mass is 171 g/mol. The van der Waals surface area contributed by atoms with E-state index in [0.29, 0.717) is 6.17 Å². The molecular formula is C8H15N2S. The first kappa shape index (κ1) is 7.90. The summed E-state index contributed by atoms with van der Waals surface area (Å²) in [4.78, 5) is 0. The third-order valence-electron chi connectivity index (χ3n) is 2.32. The lowest BCUT2D eigenvalue weighted by Crippen LogP contribution is -2.39. The van der Waals surface area contributed by atoms with E-state index in [-0.39, 0.29) is 0 Å². The van der Waals surface area contributed by atoms with Gasteiger partial charge in [0.1, 0.15) is 0 Å². The average molecular weight is 171 g/mol. The van der Waals surface area contributed by atoms with E-state index in [9.17, 15) is 0 Å². The van der Waals surface area contributed by atoms with Gasteiger partial charge in [0, 0.05) is 18.8 Å². The van der Waals surface area contributed by atoms with Crippen molar-refractivity contribution in [1.82, 2.24) is 9.62 Å². The SMILES string of the molecule is C1CCC(N2CCCS2)[N]C1. The highest BCUT2D eigenvalue weighted by Gasteiger charge is 2.24. The molecule has 0 aromatic heterocycles. The predicted octanol–water partition coefficient (Wildman–Crippen LogP) is 1.45. The van der Waals surface area contributed by atoms with Crippen molar-refractivity contribution in [1.29, 1.82) is 0 Å². The van der Waals surface area contributed by atoms with Crippen LogP contribution in [0, 0.1) is 0 Å². The highest BCUT2D eigenvalue weighted by Crippen LogP contribution is 2.26. The van der Waals surface area contributed by atoms with E-state index in [1.807, 2.05) is 11.9 Å². The van der Waals surface area contributed by atoms with Crippen LogP contribution in [-0.2, 0) is 0 Å². The minimum atomic E-state index is 0.566. The summed E-state index contributed by atoms with van der Waals surface area (Å²) in [5.41, 5.74) is 0. The summed E-state index contributed by atoms with van der Waals surface area (Å²) in [7, 11) is 0. The van der Waals surface area contributed by atoms with Gasteiger partial charge in [-0.05, 0) is 25.7 Å². The molecule has 0 N–H and O–H groups in total. The molecule has 11 heavy (non-hydrogen) atoms. The molecular weight excluding hydrogens is 156 g/mol. The Kier molecular flexibility index (Phi) is 2.72. The number of hydrogen-bond acceptors (Lipinski definition) is 2. The van der Waals surface area contributed by atoms with Gasteiger partial charge >= 0.3 is 0 Å². The zero-order chi connectivity index (χ0) is 7.52. The number of hydrogen-bond donors (Lipinski definition) is 0. The van der Waals surface area contributed by atoms with Gasteiger partial charge in [-0.2, -0.15) is 0 Å². The molecule has 2 aliphatic heterocycles. The second-order valence-electron chi connectivity index (χ2n) is 3.21. The second-order valence-corrected chi connectivity index (χ2v) is 4.35. The molecule has 2 saturated heterocycles. The van der Waals surface area contributed by atoms with Crippen LogP contribution in [0.4, 0.5) is 0 Å².